The van der Waals surface area contributed by atoms with Gasteiger partial charge in [0, 0.05) is 18.2 Å². The number of benzene rings is 1. The third-order valence-corrected chi connectivity index (χ3v) is 10.6. The molecule has 4 aliphatic rings. The Morgan fingerprint density at radius 1 is 1.03 bits per heavy atom. The smallest absolute Gasteiger partial charge is 0.159 e. The minimum absolute atomic E-state index is 0.0465. The fourth-order valence-corrected chi connectivity index (χ4v) is 8.70. The molecule has 3 unspecified atom stereocenters. The van der Waals surface area contributed by atoms with Gasteiger partial charge in [-0.15, -0.1) is 0 Å². The number of aliphatic hydroxyl groups is 1. The van der Waals surface area contributed by atoms with Gasteiger partial charge in [0.25, 0.3) is 0 Å². The normalized spacial score (nSPS) is 44.1. The van der Waals surface area contributed by atoms with Crippen molar-refractivity contribution >= 4 is 5.78 Å². The summed E-state index contributed by atoms with van der Waals surface area (Å²) in [6, 6.07) is 7.46. The molecule has 178 valence electrons. The maximum absolute atomic E-state index is 11.7. The summed E-state index contributed by atoms with van der Waals surface area (Å²) in [5.41, 5.74) is 1.25. The largest absolute Gasteiger partial charge is 0.381 e. The van der Waals surface area contributed by atoms with Crippen molar-refractivity contribution in [2.45, 2.75) is 90.3 Å². The molecule has 1 N–H and O–H groups in total. The predicted molar refractivity (Wildman–Crippen MR) is 131 cm³/mol. The SMILES string of the molecule is COC1CC[C@H]2[C@@H]3CCC4CC(O)(C#Cc5cccc(C(C)=O)c5)CC[C@]4(C)[C@@H]3CC[C@]12C. The lowest BCUT2D eigenvalue weighted by atomic mass is 9.44. The number of methoxy groups -OCH3 is 1. The van der Waals surface area contributed by atoms with E-state index in [-0.39, 0.29) is 5.78 Å². The molecule has 0 saturated heterocycles. The Labute approximate surface area is 199 Å². The first-order chi connectivity index (χ1) is 15.7. The first kappa shape index (κ1) is 23.1. The Hall–Kier alpha value is -1.63. The molecule has 0 bridgehead atoms. The zero-order valence-electron chi connectivity index (χ0n) is 20.8. The van der Waals surface area contributed by atoms with E-state index in [1.165, 1.54) is 38.5 Å². The number of Topliss-reactive ketones (excluding diaryl/α,β-unsaturated/α-hetero) is 1. The van der Waals surface area contributed by atoms with E-state index in [1.807, 2.05) is 31.4 Å². The number of carbonyl (C=O) groups is 1. The highest BCUT2D eigenvalue weighted by atomic mass is 16.5. The number of ether oxygens (including phenoxy) is 1. The minimum atomic E-state index is -0.916. The van der Waals surface area contributed by atoms with Gasteiger partial charge < -0.3 is 9.84 Å². The number of hydrogen-bond acceptors (Lipinski definition) is 3. The van der Waals surface area contributed by atoms with Crippen LogP contribution >= 0.6 is 0 Å². The molecular weight excluding hydrogens is 408 g/mol. The molecule has 3 heteroatoms. The highest BCUT2D eigenvalue weighted by molar-refractivity contribution is 5.94. The molecule has 0 radical (unpaired) electrons. The third-order valence-electron chi connectivity index (χ3n) is 10.6. The minimum Gasteiger partial charge on any atom is -0.381 e. The average molecular weight is 449 g/mol. The van der Waals surface area contributed by atoms with Crippen molar-refractivity contribution in [1.29, 1.82) is 0 Å². The third kappa shape index (κ3) is 3.78. The summed E-state index contributed by atoms with van der Waals surface area (Å²) in [6.45, 7) is 6.61. The van der Waals surface area contributed by atoms with Crippen LogP contribution in [0.15, 0.2) is 24.3 Å². The standard InChI is InChI=1S/C30H40O3/c1-20(31)22-7-5-6-21(18-22)12-15-30(32)17-16-28(2)23(19-30)8-9-24-25-10-11-27(33-4)29(25,3)14-13-26(24)28/h5-7,18,23-27,32H,8-11,13-14,16-17,19H2,1-4H3/t23?,24-,25-,26+,27?,28-,29-,30?/m0/s1. The average Bonchev–Trinajstić information content (AvgIpc) is 3.15. The Balaban J connectivity index is 1.33. The monoisotopic (exact) mass is 448 g/mol. The van der Waals surface area contributed by atoms with Gasteiger partial charge in [0.05, 0.1) is 6.10 Å². The second-order valence-corrected chi connectivity index (χ2v) is 12.1. The van der Waals surface area contributed by atoms with E-state index in [0.29, 0.717) is 28.4 Å². The number of fused-ring (bicyclic) bond motifs is 5. The van der Waals surface area contributed by atoms with Gasteiger partial charge >= 0.3 is 0 Å². The van der Waals surface area contributed by atoms with Crippen LogP contribution < -0.4 is 0 Å². The van der Waals surface area contributed by atoms with Crippen LogP contribution in [0.3, 0.4) is 0 Å². The Kier molecular flexibility index (Phi) is 5.78. The van der Waals surface area contributed by atoms with Crippen LogP contribution in [0.25, 0.3) is 0 Å². The fraction of sp³-hybridized carbons (Fsp3) is 0.700. The second kappa shape index (κ2) is 8.24. The molecular formula is C30H40O3. The van der Waals surface area contributed by atoms with Crippen molar-refractivity contribution < 1.29 is 14.6 Å². The Morgan fingerprint density at radius 2 is 1.82 bits per heavy atom. The molecule has 3 nitrogen and oxygen atoms in total. The molecule has 0 spiro atoms. The highest BCUT2D eigenvalue weighted by Gasteiger charge is 2.61. The molecule has 0 amide bonds. The summed E-state index contributed by atoms with van der Waals surface area (Å²) in [6.07, 6.45) is 10.7. The summed E-state index contributed by atoms with van der Waals surface area (Å²) < 4.78 is 5.94. The van der Waals surface area contributed by atoms with Crippen molar-refractivity contribution in [3.63, 3.8) is 0 Å². The molecule has 1 aromatic rings. The fourth-order valence-electron chi connectivity index (χ4n) is 8.70. The lowest BCUT2D eigenvalue weighted by molar-refractivity contribution is -0.146. The summed E-state index contributed by atoms with van der Waals surface area (Å²) in [5, 5.41) is 11.5. The van der Waals surface area contributed by atoms with E-state index in [1.54, 1.807) is 6.92 Å². The maximum atomic E-state index is 11.7. The zero-order chi connectivity index (χ0) is 23.4. The second-order valence-electron chi connectivity index (χ2n) is 12.1. The van der Waals surface area contributed by atoms with Crippen molar-refractivity contribution in [2.24, 2.45) is 34.5 Å². The summed E-state index contributed by atoms with van der Waals surface area (Å²) in [5.74, 6) is 9.41. The lowest BCUT2D eigenvalue weighted by Crippen LogP contribution is -2.56. The lowest BCUT2D eigenvalue weighted by Gasteiger charge is -2.61. The molecule has 0 aromatic heterocycles. The van der Waals surface area contributed by atoms with E-state index in [2.05, 4.69) is 25.7 Å². The van der Waals surface area contributed by atoms with Crippen molar-refractivity contribution in [1.82, 2.24) is 0 Å². The number of hydrogen-bond donors (Lipinski definition) is 1. The van der Waals surface area contributed by atoms with Crippen LogP contribution in [0, 0.1) is 46.3 Å². The molecule has 33 heavy (non-hydrogen) atoms. The molecule has 1 aromatic carbocycles. The van der Waals surface area contributed by atoms with Crippen LogP contribution in [0.2, 0.25) is 0 Å². The van der Waals surface area contributed by atoms with Crippen molar-refractivity contribution in [2.75, 3.05) is 7.11 Å². The van der Waals surface area contributed by atoms with Gasteiger partial charge in [-0.05, 0) is 111 Å². The highest BCUT2D eigenvalue weighted by Crippen LogP contribution is 2.67. The first-order valence-corrected chi connectivity index (χ1v) is 13.1. The summed E-state index contributed by atoms with van der Waals surface area (Å²) >= 11 is 0. The van der Waals surface area contributed by atoms with Gasteiger partial charge in [-0.2, -0.15) is 0 Å². The maximum Gasteiger partial charge on any atom is 0.159 e. The molecule has 0 aliphatic heterocycles. The number of carbonyl (C=O) groups excluding carboxylic acids is 1. The van der Waals surface area contributed by atoms with E-state index >= 15 is 0 Å². The molecule has 0 heterocycles. The van der Waals surface area contributed by atoms with Gasteiger partial charge in [0.15, 0.2) is 5.78 Å². The molecule has 4 aliphatic carbocycles. The van der Waals surface area contributed by atoms with Crippen LogP contribution in [0.1, 0.15) is 94.5 Å². The van der Waals surface area contributed by atoms with Crippen LogP contribution in [-0.4, -0.2) is 29.7 Å². The van der Waals surface area contributed by atoms with Crippen molar-refractivity contribution in [3.8, 4) is 11.8 Å². The van der Waals surface area contributed by atoms with Crippen LogP contribution in [0.5, 0.6) is 0 Å². The summed E-state index contributed by atoms with van der Waals surface area (Å²) in [4.78, 5) is 11.7. The Morgan fingerprint density at radius 3 is 2.58 bits per heavy atom. The van der Waals surface area contributed by atoms with Gasteiger partial charge in [-0.3, -0.25) is 4.79 Å². The predicted octanol–water partition coefficient (Wildman–Crippen LogP) is 6.03. The molecule has 4 saturated carbocycles. The van der Waals surface area contributed by atoms with E-state index in [9.17, 15) is 9.90 Å². The van der Waals surface area contributed by atoms with Gasteiger partial charge in [-0.25, -0.2) is 0 Å². The first-order valence-electron chi connectivity index (χ1n) is 13.1. The Bertz CT molecular complexity index is 988. The van der Waals surface area contributed by atoms with Gasteiger partial charge in [0.2, 0.25) is 0 Å². The summed E-state index contributed by atoms with van der Waals surface area (Å²) in [7, 11) is 1.90. The van der Waals surface area contributed by atoms with Crippen molar-refractivity contribution in [3.05, 3.63) is 35.4 Å². The van der Waals surface area contributed by atoms with Crippen LogP contribution in [0.4, 0.5) is 0 Å². The number of rotatable bonds is 2. The molecule has 5 rings (SSSR count). The number of ketones is 1. The topological polar surface area (TPSA) is 46.5 Å². The molecule has 8 atom stereocenters. The molecule has 4 fully saturated rings. The van der Waals surface area contributed by atoms with Gasteiger partial charge in [-0.1, -0.05) is 37.8 Å². The van der Waals surface area contributed by atoms with E-state index in [4.69, 9.17) is 4.74 Å². The van der Waals surface area contributed by atoms with Crippen LogP contribution in [-0.2, 0) is 4.74 Å². The van der Waals surface area contributed by atoms with Gasteiger partial charge in [0.1, 0.15) is 5.60 Å². The quantitative estimate of drug-likeness (QED) is 0.444. The van der Waals surface area contributed by atoms with E-state index in [0.717, 1.165) is 42.6 Å². The zero-order valence-corrected chi connectivity index (χ0v) is 20.8. The van der Waals surface area contributed by atoms with E-state index < -0.39 is 5.60 Å².